The quantitative estimate of drug-likeness (QED) is 0.0268. The number of hydrogen-bond acceptors (Lipinski definition) is 12. The standard InChI is InChI=1S/C66H92N10O8/c1-45(67-3)61(79)69-53-43-73(41-39-51-35-37-55(75(51)65(53)83)63(81)71-59(47-25-15-11-16-26-47)48-27-17-12-18-28-48)57(77)33-23-9-7-5-6-8-10-24-34-58(78)74-42-40-52-36-38-56(76(52)66(84)54(44-74)70-62(80)46(2)68-4)64(82)72-60(49-29-19-13-20-30-49)50-31-21-14-22-32-50/h11-22,25-32,45-46,51-56,59-62,67-70,79-80H,5-10,23-24,33-44H2,1-4H3,(H,71,81)(H,72,82)/t45-,46-,51+,52+,53-,54-,55+,56+,61?,62?/m0/s1. The van der Waals surface area contributed by atoms with Crippen LogP contribution in [0.15, 0.2) is 121 Å². The Morgan fingerprint density at radius 3 is 1.08 bits per heavy atom. The lowest BCUT2D eigenvalue weighted by atomic mass is 9.98. The molecule has 0 bridgehead atoms. The Hall–Kier alpha value is -6.54. The minimum atomic E-state index is -1.08. The van der Waals surface area contributed by atoms with E-state index in [2.05, 4.69) is 31.9 Å². The van der Waals surface area contributed by atoms with Crippen LogP contribution < -0.4 is 31.9 Å². The third-order valence-corrected chi connectivity index (χ3v) is 17.9. The van der Waals surface area contributed by atoms with E-state index in [1.807, 2.05) is 135 Å². The van der Waals surface area contributed by atoms with Crippen molar-refractivity contribution in [1.29, 1.82) is 0 Å². The first-order valence-electron chi connectivity index (χ1n) is 31.0. The highest BCUT2D eigenvalue weighted by atomic mass is 16.3. The van der Waals surface area contributed by atoms with Crippen LogP contribution in [0.2, 0.25) is 0 Å². The van der Waals surface area contributed by atoms with Gasteiger partial charge in [-0.1, -0.05) is 160 Å². The van der Waals surface area contributed by atoms with Crippen LogP contribution in [-0.4, -0.2) is 166 Å². The van der Waals surface area contributed by atoms with Crippen molar-refractivity contribution in [1.82, 2.24) is 51.5 Å². The zero-order valence-electron chi connectivity index (χ0n) is 49.8. The summed E-state index contributed by atoms with van der Waals surface area (Å²) < 4.78 is 0. The van der Waals surface area contributed by atoms with Gasteiger partial charge in [-0.15, -0.1) is 0 Å². The lowest BCUT2D eigenvalue weighted by Gasteiger charge is -2.40. The Balaban J connectivity index is 0.782. The molecule has 8 rings (SSSR count). The summed E-state index contributed by atoms with van der Waals surface area (Å²) in [6.07, 6.45) is 9.03. The van der Waals surface area contributed by atoms with Crippen LogP contribution in [0.3, 0.4) is 0 Å². The fourth-order valence-corrected chi connectivity index (χ4v) is 12.7. The van der Waals surface area contributed by atoms with Crippen LogP contribution in [0.5, 0.6) is 0 Å². The van der Waals surface area contributed by atoms with E-state index in [1.165, 1.54) is 0 Å². The van der Waals surface area contributed by atoms with Crippen LogP contribution in [0, 0.1) is 0 Å². The third-order valence-electron chi connectivity index (χ3n) is 17.9. The second-order valence-electron chi connectivity index (χ2n) is 23.6. The molecule has 0 aliphatic carbocycles. The Bertz CT molecular complexity index is 2460. The average molecular weight is 1150 g/mol. The predicted octanol–water partition coefficient (Wildman–Crippen LogP) is 5.65. The zero-order valence-corrected chi connectivity index (χ0v) is 49.8. The minimum Gasteiger partial charge on any atom is -0.377 e. The second kappa shape index (κ2) is 31.6. The smallest absolute Gasteiger partial charge is 0.243 e. The van der Waals surface area contributed by atoms with Crippen LogP contribution >= 0.6 is 0 Å². The topological polar surface area (TPSA) is 228 Å². The molecule has 4 heterocycles. The molecule has 0 radical (unpaired) electrons. The van der Waals surface area contributed by atoms with Gasteiger partial charge in [0.1, 0.15) is 36.6 Å². The van der Waals surface area contributed by atoms with Crippen LogP contribution in [0.1, 0.15) is 151 Å². The van der Waals surface area contributed by atoms with Gasteiger partial charge in [0.05, 0.1) is 12.1 Å². The highest BCUT2D eigenvalue weighted by molar-refractivity contribution is 5.93. The van der Waals surface area contributed by atoms with Crippen LogP contribution in [-0.2, 0) is 28.8 Å². The van der Waals surface area contributed by atoms with E-state index >= 15 is 0 Å². The number of rotatable bonds is 27. The maximum absolute atomic E-state index is 14.7. The fraction of sp³-hybridized carbons (Fsp3) is 0.545. The van der Waals surface area contributed by atoms with Crippen molar-refractivity contribution >= 4 is 35.4 Å². The van der Waals surface area contributed by atoms with Crippen molar-refractivity contribution in [2.75, 3.05) is 40.3 Å². The highest BCUT2D eigenvalue weighted by Crippen LogP contribution is 2.34. The first-order chi connectivity index (χ1) is 40.8. The van der Waals surface area contributed by atoms with Gasteiger partial charge in [0, 0.05) is 63.2 Å². The zero-order chi connectivity index (χ0) is 59.5. The number of carbonyl (C=O) groups is 6. The Morgan fingerprint density at radius 1 is 0.464 bits per heavy atom. The van der Waals surface area contributed by atoms with Crippen molar-refractivity contribution in [3.63, 3.8) is 0 Å². The van der Waals surface area contributed by atoms with Gasteiger partial charge in [-0.2, -0.15) is 0 Å². The molecule has 0 aromatic heterocycles. The van der Waals surface area contributed by atoms with Gasteiger partial charge in [-0.05, 0) is 102 Å². The van der Waals surface area contributed by atoms with Gasteiger partial charge in [-0.3, -0.25) is 39.4 Å². The Morgan fingerprint density at radius 2 is 0.774 bits per heavy atom. The van der Waals surface area contributed by atoms with E-state index in [4.69, 9.17) is 0 Å². The summed E-state index contributed by atoms with van der Waals surface area (Å²) in [5, 5.41) is 41.2. The molecule has 4 aromatic rings. The summed E-state index contributed by atoms with van der Waals surface area (Å²) in [6, 6.07) is 33.9. The largest absolute Gasteiger partial charge is 0.377 e. The van der Waals surface area contributed by atoms with Crippen molar-refractivity contribution in [3.8, 4) is 0 Å². The molecule has 4 aliphatic rings. The van der Waals surface area contributed by atoms with E-state index in [0.29, 0.717) is 77.3 Å². The van der Waals surface area contributed by atoms with Crippen LogP contribution in [0.25, 0.3) is 0 Å². The summed E-state index contributed by atoms with van der Waals surface area (Å²) in [5.41, 5.74) is 3.74. The number of aliphatic hydroxyl groups excluding tert-OH is 2. The van der Waals surface area contributed by atoms with Gasteiger partial charge in [0.2, 0.25) is 35.4 Å². The SMILES string of the molecule is CN[C@@H](C)C(O)N[C@H]1CN(C(=O)CCCCCCCCCCC(=O)N2CC[C@H]3CC[C@H](C(=O)NC(c4ccccc4)c4ccccc4)N3C(=O)[C@@H](NC(O)[C@H](C)NC)C2)CC[C@H]2CC[C@H](C(=O)NC(c3ccccc3)c3ccccc3)N2C1=O. The highest BCUT2D eigenvalue weighted by Gasteiger charge is 2.48. The van der Waals surface area contributed by atoms with E-state index in [1.54, 1.807) is 33.7 Å². The molecule has 4 fully saturated rings. The maximum atomic E-state index is 14.7. The van der Waals surface area contributed by atoms with E-state index in [0.717, 1.165) is 60.8 Å². The molecule has 0 spiro atoms. The summed E-state index contributed by atoms with van der Waals surface area (Å²) >= 11 is 0. The molecule has 84 heavy (non-hydrogen) atoms. The van der Waals surface area contributed by atoms with E-state index in [-0.39, 0.29) is 72.7 Å². The molecule has 6 amide bonds. The lowest BCUT2D eigenvalue weighted by molar-refractivity contribution is -0.147. The molecular formula is C66H92N10O8. The predicted molar refractivity (Wildman–Crippen MR) is 325 cm³/mol. The van der Waals surface area contributed by atoms with Crippen LogP contribution in [0.4, 0.5) is 0 Å². The van der Waals surface area contributed by atoms with Gasteiger partial charge in [0.15, 0.2) is 0 Å². The van der Waals surface area contributed by atoms with E-state index in [9.17, 15) is 39.0 Å². The molecule has 4 aromatic carbocycles. The summed E-state index contributed by atoms with van der Waals surface area (Å²) in [5.74, 6) is -1.09. The van der Waals surface area contributed by atoms with Gasteiger partial charge in [0.25, 0.3) is 0 Å². The van der Waals surface area contributed by atoms with Crippen molar-refractivity contribution in [3.05, 3.63) is 144 Å². The molecule has 2 unspecified atom stereocenters. The lowest BCUT2D eigenvalue weighted by Crippen LogP contribution is -2.63. The normalized spacial score (nSPS) is 22.5. The number of amides is 6. The van der Waals surface area contributed by atoms with Crippen molar-refractivity contribution in [2.45, 2.75) is 189 Å². The molecule has 4 aliphatic heterocycles. The van der Waals surface area contributed by atoms with Crippen molar-refractivity contribution < 1.29 is 39.0 Å². The molecule has 454 valence electrons. The Kier molecular flexibility index (Phi) is 23.8. The number of nitrogens with zero attached hydrogens (tertiary/aromatic N) is 4. The number of carbonyl (C=O) groups excluding carboxylic acids is 6. The molecule has 4 saturated heterocycles. The molecular weight excluding hydrogens is 1060 g/mol. The second-order valence-corrected chi connectivity index (χ2v) is 23.6. The first-order valence-corrected chi connectivity index (χ1v) is 31.0. The van der Waals surface area contributed by atoms with Gasteiger partial charge < -0.3 is 51.1 Å². The average Bonchev–Trinajstić information content (AvgIpc) is 3.08. The molecule has 10 atom stereocenters. The van der Waals surface area contributed by atoms with Gasteiger partial charge >= 0.3 is 0 Å². The minimum absolute atomic E-state index is 0.0242. The molecule has 18 heteroatoms. The fourth-order valence-electron chi connectivity index (χ4n) is 12.7. The number of benzene rings is 4. The summed E-state index contributed by atoms with van der Waals surface area (Å²) in [6.45, 7) is 4.67. The number of likely N-dealkylation sites (N-methyl/N-ethyl adjacent to an activating group) is 2. The van der Waals surface area contributed by atoms with E-state index < -0.39 is 48.7 Å². The maximum Gasteiger partial charge on any atom is 0.243 e. The van der Waals surface area contributed by atoms with Crippen molar-refractivity contribution in [2.24, 2.45) is 0 Å². The summed E-state index contributed by atoms with van der Waals surface area (Å²) in [4.78, 5) is 92.8. The number of nitrogens with one attached hydrogen (secondary N) is 6. The number of unbranched alkanes of at least 4 members (excludes halogenated alkanes) is 7. The first kappa shape index (κ1) is 63.5. The third kappa shape index (κ3) is 16.7. The monoisotopic (exact) mass is 1150 g/mol. The molecule has 8 N–H and O–H groups in total. The molecule has 0 saturated carbocycles. The number of aliphatic hydroxyl groups is 2. The number of hydrogen-bond donors (Lipinski definition) is 8. The Labute approximate surface area is 497 Å². The molecule has 18 nitrogen and oxygen atoms in total. The summed E-state index contributed by atoms with van der Waals surface area (Å²) in [7, 11) is 3.47. The van der Waals surface area contributed by atoms with Gasteiger partial charge in [-0.25, -0.2) is 0 Å². The number of fused-ring (bicyclic) bond motifs is 2.